The molecule has 1 rings (SSSR count). The van der Waals surface area contributed by atoms with E-state index >= 15 is 0 Å². The predicted molar refractivity (Wildman–Crippen MR) is 72.0 cm³/mol. The van der Waals surface area contributed by atoms with Crippen LogP contribution in [0, 0.1) is 28.4 Å². The standard InChI is InChI=1S/C14H16N2O4/c1-4-20-13(17)8-14(3,9-15)11-6-5-7-12(10(11)2)16(18)19/h5-7H,4,8H2,1-3H3. The van der Waals surface area contributed by atoms with Crippen LogP contribution in [0.2, 0.25) is 0 Å². The molecule has 0 radical (unpaired) electrons. The summed E-state index contributed by atoms with van der Waals surface area (Å²) in [5, 5.41) is 20.3. The van der Waals surface area contributed by atoms with Gasteiger partial charge in [0, 0.05) is 11.6 Å². The van der Waals surface area contributed by atoms with Crippen LogP contribution in [0.4, 0.5) is 5.69 Å². The molecule has 0 aliphatic carbocycles. The lowest BCUT2D eigenvalue weighted by molar-refractivity contribution is -0.385. The van der Waals surface area contributed by atoms with Gasteiger partial charge in [0.25, 0.3) is 5.69 Å². The van der Waals surface area contributed by atoms with Crippen LogP contribution in [-0.2, 0) is 14.9 Å². The zero-order chi connectivity index (χ0) is 15.3. The fourth-order valence-electron chi connectivity index (χ4n) is 2.11. The van der Waals surface area contributed by atoms with E-state index in [1.807, 2.05) is 0 Å². The Morgan fingerprint density at radius 2 is 2.20 bits per heavy atom. The summed E-state index contributed by atoms with van der Waals surface area (Å²) in [6, 6.07) is 6.59. The van der Waals surface area contributed by atoms with Gasteiger partial charge < -0.3 is 4.74 Å². The minimum absolute atomic E-state index is 0.0622. The minimum atomic E-state index is -1.15. The summed E-state index contributed by atoms with van der Waals surface area (Å²) in [5.74, 6) is -0.498. The monoisotopic (exact) mass is 276 g/mol. The Hall–Kier alpha value is -2.42. The number of ether oxygens (including phenoxy) is 1. The summed E-state index contributed by atoms with van der Waals surface area (Å²) in [4.78, 5) is 22.1. The van der Waals surface area contributed by atoms with Gasteiger partial charge in [-0.2, -0.15) is 5.26 Å². The Kier molecular flexibility index (Phi) is 4.81. The first kappa shape index (κ1) is 15.6. The number of rotatable bonds is 5. The van der Waals surface area contributed by atoms with Gasteiger partial charge >= 0.3 is 5.97 Å². The molecule has 6 nitrogen and oxygen atoms in total. The first-order chi connectivity index (χ1) is 9.35. The van der Waals surface area contributed by atoms with Gasteiger partial charge in [-0.15, -0.1) is 0 Å². The lowest BCUT2D eigenvalue weighted by atomic mass is 9.78. The SMILES string of the molecule is CCOC(=O)CC(C)(C#N)c1cccc([N+](=O)[O-])c1C. The van der Waals surface area contributed by atoms with E-state index in [0.29, 0.717) is 11.1 Å². The van der Waals surface area contributed by atoms with Crippen LogP contribution in [0.3, 0.4) is 0 Å². The summed E-state index contributed by atoms with van der Waals surface area (Å²) >= 11 is 0. The van der Waals surface area contributed by atoms with E-state index in [1.165, 1.54) is 12.1 Å². The van der Waals surface area contributed by atoms with Crippen molar-refractivity contribution in [2.24, 2.45) is 0 Å². The fourth-order valence-corrected chi connectivity index (χ4v) is 2.11. The molecule has 0 bridgehead atoms. The van der Waals surface area contributed by atoms with Gasteiger partial charge in [-0.05, 0) is 26.3 Å². The van der Waals surface area contributed by atoms with Crippen molar-refractivity contribution >= 4 is 11.7 Å². The molecule has 1 unspecified atom stereocenters. The number of hydrogen-bond donors (Lipinski definition) is 0. The Labute approximate surface area is 117 Å². The number of benzene rings is 1. The van der Waals surface area contributed by atoms with Crippen LogP contribution in [0.15, 0.2) is 18.2 Å². The normalized spacial score (nSPS) is 13.1. The Bertz CT molecular complexity index is 577. The van der Waals surface area contributed by atoms with Crippen molar-refractivity contribution in [3.05, 3.63) is 39.4 Å². The van der Waals surface area contributed by atoms with Crippen LogP contribution in [-0.4, -0.2) is 17.5 Å². The third-order valence-electron chi connectivity index (χ3n) is 3.15. The largest absolute Gasteiger partial charge is 0.466 e. The molecule has 0 aromatic heterocycles. The molecule has 0 N–H and O–H groups in total. The molecule has 1 aromatic carbocycles. The van der Waals surface area contributed by atoms with Gasteiger partial charge in [-0.3, -0.25) is 14.9 Å². The molecule has 1 atom stereocenters. The van der Waals surface area contributed by atoms with E-state index in [4.69, 9.17) is 4.74 Å². The molecule has 0 saturated carbocycles. The van der Waals surface area contributed by atoms with Gasteiger partial charge in [-0.25, -0.2) is 0 Å². The predicted octanol–water partition coefficient (Wildman–Crippen LogP) is 2.64. The van der Waals surface area contributed by atoms with E-state index in [2.05, 4.69) is 6.07 Å². The molecule has 0 saturated heterocycles. The van der Waals surface area contributed by atoms with Gasteiger partial charge in [0.15, 0.2) is 0 Å². The van der Waals surface area contributed by atoms with Crippen molar-refractivity contribution in [2.75, 3.05) is 6.61 Å². The highest BCUT2D eigenvalue weighted by Gasteiger charge is 2.33. The lowest BCUT2D eigenvalue weighted by Gasteiger charge is -2.22. The first-order valence-corrected chi connectivity index (χ1v) is 6.17. The van der Waals surface area contributed by atoms with Crippen molar-refractivity contribution in [2.45, 2.75) is 32.6 Å². The van der Waals surface area contributed by atoms with Gasteiger partial charge in [0.2, 0.25) is 0 Å². The second-order valence-corrected chi connectivity index (χ2v) is 4.63. The topological polar surface area (TPSA) is 93.2 Å². The average molecular weight is 276 g/mol. The van der Waals surface area contributed by atoms with Crippen molar-refractivity contribution in [3.63, 3.8) is 0 Å². The second-order valence-electron chi connectivity index (χ2n) is 4.63. The number of hydrogen-bond acceptors (Lipinski definition) is 5. The molecule has 0 heterocycles. The minimum Gasteiger partial charge on any atom is -0.466 e. The molecule has 20 heavy (non-hydrogen) atoms. The van der Waals surface area contributed by atoms with E-state index in [1.54, 1.807) is 26.8 Å². The van der Waals surface area contributed by atoms with Crippen LogP contribution < -0.4 is 0 Å². The van der Waals surface area contributed by atoms with Crippen LogP contribution in [0.1, 0.15) is 31.4 Å². The zero-order valence-corrected chi connectivity index (χ0v) is 11.7. The summed E-state index contributed by atoms with van der Waals surface area (Å²) < 4.78 is 4.85. The lowest BCUT2D eigenvalue weighted by Crippen LogP contribution is -2.26. The van der Waals surface area contributed by atoms with Crippen molar-refractivity contribution in [1.82, 2.24) is 0 Å². The Balaban J connectivity index is 3.25. The van der Waals surface area contributed by atoms with Gasteiger partial charge in [0.05, 0.1) is 29.4 Å². The van der Waals surface area contributed by atoms with E-state index in [-0.39, 0.29) is 18.7 Å². The maximum absolute atomic E-state index is 11.6. The molecule has 0 amide bonds. The van der Waals surface area contributed by atoms with E-state index < -0.39 is 16.3 Å². The van der Waals surface area contributed by atoms with Crippen molar-refractivity contribution in [1.29, 1.82) is 5.26 Å². The molecule has 0 fully saturated rings. The second kappa shape index (κ2) is 6.15. The third-order valence-corrected chi connectivity index (χ3v) is 3.15. The first-order valence-electron chi connectivity index (χ1n) is 6.17. The number of carbonyl (C=O) groups excluding carboxylic acids is 1. The van der Waals surface area contributed by atoms with E-state index in [9.17, 15) is 20.2 Å². The van der Waals surface area contributed by atoms with Crippen LogP contribution in [0.5, 0.6) is 0 Å². The maximum atomic E-state index is 11.6. The van der Waals surface area contributed by atoms with Crippen molar-refractivity contribution in [3.8, 4) is 6.07 Å². The number of nitriles is 1. The molecule has 0 aliphatic rings. The quantitative estimate of drug-likeness (QED) is 0.468. The summed E-state index contributed by atoms with van der Waals surface area (Å²) in [5.41, 5.74) is -0.344. The van der Waals surface area contributed by atoms with Crippen LogP contribution >= 0.6 is 0 Å². The summed E-state index contributed by atoms with van der Waals surface area (Å²) in [6.45, 7) is 5.07. The number of nitro benzene ring substituents is 1. The highest BCUT2D eigenvalue weighted by molar-refractivity contribution is 5.72. The van der Waals surface area contributed by atoms with Gasteiger partial charge in [-0.1, -0.05) is 12.1 Å². The highest BCUT2D eigenvalue weighted by Crippen LogP contribution is 2.33. The van der Waals surface area contributed by atoms with Crippen LogP contribution in [0.25, 0.3) is 0 Å². The Morgan fingerprint density at radius 1 is 1.55 bits per heavy atom. The summed E-state index contributed by atoms with van der Waals surface area (Å²) in [7, 11) is 0. The third kappa shape index (κ3) is 3.12. The van der Waals surface area contributed by atoms with E-state index in [0.717, 1.165) is 0 Å². The van der Waals surface area contributed by atoms with Gasteiger partial charge in [0.1, 0.15) is 0 Å². The molecule has 0 aliphatic heterocycles. The molecule has 0 spiro atoms. The summed E-state index contributed by atoms with van der Waals surface area (Å²) in [6.07, 6.45) is -0.140. The molecule has 106 valence electrons. The molecule has 1 aromatic rings. The Morgan fingerprint density at radius 3 is 2.70 bits per heavy atom. The highest BCUT2D eigenvalue weighted by atomic mass is 16.6. The fraction of sp³-hybridized carbons (Fsp3) is 0.429. The average Bonchev–Trinajstić information content (AvgIpc) is 2.38. The molecule has 6 heteroatoms. The number of nitro groups is 1. The zero-order valence-electron chi connectivity index (χ0n) is 11.7. The number of carbonyl (C=O) groups is 1. The molecular weight excluding hydrogens is 260 g/mol. The smallest absolute Gasteiger partial charge is 0.307 e. The number of nitrogens with zero attached hydrogens (tertiary/aromatic N) is 2. The molecular formula is C14H16N2O4. The van der Waals surface area contributed by atoms with Crippen molar-refractivity contribution < 1.29 is 14.5 Å². The maximum Gasteiger partial charge on any atom is 0.307 e. The number of esters is 1.